The lowest BCUT2D eigenvalue weighted by Crippen LogP contribution is -2.50. The van der Waals surface area contributed by atoms with E-state index in [2.05, 4.69) is 5.32 Å². The second-order valence-electron chi connectivity index (χ2n) is 7.56. The highest BCUT2D eigenvalue weighted by atomic mass is 32.2. The Kier molecular flexibility index (Phi) is 6.92. The normalized spacial score (nSPS) is 17.2. The molecule has 2 aromatic rings. The van der Waals surface area contributed by atoms with Crippen LogP contribution in [0.4, 0.5) is 0 Å². The first kappa shape index (κ1) is 21.3. The Morgan fingerprint density at radius 1 is 1.07 bits per heavy atom. The number of carbonyl (C=O) groups excluding carboxylic acids is 1. The number of benzene rings is 2. The summed E-state index contributed by atoms with van der Waals surface area (Å²) in [5.41, 5.74) is 1.93. The van der Waals surface area contributed by atoms with Crippen LogP contribution in [0.1, 0.15) is 31.4 Å². The van der Waals surface area contributed by atoms with Crippen LogP contribution in [0, 0.1) is 5.92 Å². The molecule has 0 aromatic heterocycles. The fourth-order valence-corrected chi connectivity index (χ4v) is 5.39. The Morgan fingerprint density at radius 3 is 2.34 bits per heavy atom. The highest BCUT2D eigenvalue weighted by Crippen LogP contribution is 2.22. The van der Waals surface area contributed by atoms with E-state index in [1.165, 1.54) is 4.31 Å². The van der Waals surface area contributed by atoms with E-state index in [9.17, 15) is 13.2 Å². The van der Waals surface area contributed by atoms with Gasteiger partial charge >= 0.3 is 0 Å². The van der Waals surface area contributed by atoms with E-state index in [0.29, 0.717) is 26.1 Å². The molecule has 0 unspecified atom stereocenters. The molecule has 1 aliphatic heterocycles. The molecule has 1 atom stereocenters. The van der Waals surface area contributed by atoms with Crippen molar-refractivity contribution in [2.75, 3.05) is 12.3 Å². The molecule has 6 nitrogen and oxygen atoms in total. The number of hydrogen-bond donors (Lipinski definition) is 1. The van der Waals surface area contributed by atoms with Crippen molar-refractivity contribution in [3.8, 4) is 5.75 Å². The summed E-state index contributed by atoms with van der Waals surface area (Å²) in [6, 6.07) is 16.6. The van der Waals surface area contributed by atoms with Gasteiger partial charge in [0.1, 0.15) is 18.4 Å². The van der Waals surface area contributed by atoms with Gasteiger partial charge in [-0.2, -0.15) is 4.31 Å². The summed E-state index contributed by atoms with van der Waals surface area (Å²) >= 11 is 0. The number of carbonyl (C=O) groups is 1. The van der Waals surface area contributed by atoms with Crippen molar-refractivity contribution < 1.29 is 17.9 Å². The zero-order valence-electron chi connectivity index (χ0n) is 16.9. The smallest absolute Gasteiger partial charge is 0.238 e. The van der Waals surface area contributed by atoms with Gasteiger partial charge in [-0.3, -0.25) is 4.79 Å². The van der Waals surface area contributed by atoms with Crippen LogP contribution in [-0.2, 0) is 28.0 Å². The molecule has 1 N–H and O–H groups in total. The lowest BCUT2D eigenvalue weighted by atomic mass is 10.0. The van der Waals surface area contributed by atoms with E-state index in [0.717, 1.165) is 16.9 Å². The van der Waals surface area contributed by atoms with E-state index in [-0.39, 0.29) is 17.6 Å². The summed E-state index contributed by atoms with van der Waals surface area (Å²) in [7, 11) is -3.35. The third-order valence-corrected chi connectivity index (χ3v) is 6.99. The number of nitrogens with one attached hydrogen (secondary N) is 1. The molecular weight excluding hydrogens is 388 g/mol. The molecule has 0 spiro atoms. The summed E-state index contributed by atoms with van der Waals surface area (Å²) in [5, 5.41) is 2.93. The summed E-state index contributed by atoms with van der Waals surface area (Å²) < 4.78 is 31.8. The molecule has 7 heteroatoms. The van der Waals surface area contributed by atoms with Gasteiger partial charge < -0.3 is 10.1 Å². The maximum Gasteiger partial charge on any atom is 0.238 e. The van der Waals surface area contributed by atoms with Crippen molar-refractivity contribution >= 4 is 15.9 Å². The Bertz CT molecular complexity index is 929. The van der Waals surface area contributed by atoms with Crippen molar-refractivity contribution in [2.45, 2.75) is 39.5 Å². The number of sulfonamides is 1. The average Bonchev–Trinajstić information content (AvgIpc) is 3.05. The largest absolute Gasteiger partial charge is 0.489 e. The monoisotopic (exact) mass is 416 g/mol. The number of ether oxygens (including phenoxy) is 1. The van der Waals surface area contributed by atoms with Crippen LogP contribution in [0.3, 0.4) is 0 Å². The van der Waals surface area contributed by atoms with Gasteiger partial charge in [-0.1, -0.05) is 56.3 Å². The van der Waals surface area contributed by atoms with E-state index in [1.54, 1.807) is 0 Å². The van der Waals surface area contributed by atoms with Gasteiger partial charge in [0.25, 0.3) is 0 Å². The summed E-state index contributed by atoms with van der Waals surface area (Å²) in [6.45, 7) is 4.87. The fourth-order valence-electron chi connectivity index (χ4n) is 3.57. The third kappa shape index (κ3) is 5.36. The van der Waals surface area contributed by atoms with Gasteiger partial charge in [0, 0.05) is 13.1 Å². The van der Waals surface area contributed by atoms with Crippen LogP contribution in [-0.4, -0.2) is 37.0 Å². The minimum atomic E-state index is -3.35. The second kappa shape index (κ2) is 9.41. The number of rotatable bonds is 8. The SMILES string of the molecule is CC(C)[C@H](C(=O)NCc1ccccc1COc1ccccc1)N1CCCS1(=O)=O. The molecule has 0 saturated carbocycles. The topological polar surface area (TPSA) is 75.7 Å². The zero-order chi connectivity index (χ0) is 20.9. The van der Waals surface area contributed by atoms with Crippen molar-refractivity contribution in [1.29, 1.82) is 0 Å². The molecular formula is C22H28N2O4S. The maximum atomic E-state index is 12.9. The third-order valence-electron chi connectivity index (χ3n) is 5.06. The molecule has 156 valence electrons. The van der Waals surface area contributed by atoms with Crippen LogP contribution in [0.5, 0.6) is 5.75 Å². The van der Waals surface area contributed by atoms with Crippen molar-refractivity contribution in [3.63, 3.8) is 0 Å². The Morgan fingerprint density at radius 2 is 1.72 bits per heavy atom. The predicted molar refractivity (Wildman–Crippen MR) is 113 cm³/mol. The number of para-hydroxylation sites is 1. The molecule has 29 heavy (non-hydrogen) atoms. The van der Waals surface area contributed by atoms with Crippen molar-refractivity contribution in [2.24, 2.45) is 5.92 Å². The quantitative estimate of drug-likeness (QED) is 0.718. The van der Waals surface area contributed by atoms with Crippen LogP contribution in [0.15, 0.2) is 54.6 Å². The fraction of sp³-hybridized carbons (Fsp3) is 0.409. The van der Waals surface area contributed by atoms with Gasteiger partial charge in [-0.05, 0) is 35.6 Å². The molecule has 1 saturated heterocycles. The standard InChI is InChI=1S/C22H28N2O4S/c1-17(2)21(24-13-8-14-29(24,26)27)22(25)23-15-18-9-6-7-10-19(18)16-28-20-11-4-3-5-12-20/h3-7,9-12,17,21H,8,13-16H2,1-2H3,(H,23,25)/t21-/m1/s1. The second-order valence-corrected chi connectivity index (χ2v) is 9.60. The predicted octanol–water partition coefficient (Wildman–Crippen LogP) is 2.94. The van der Waals surface area contributed by atoms with Crippen LogP contribution >= 0.6 is 0 Å². The van der Waals surface area contributed by atoms with E-state index in [1.807, 2.05) is 68.4 Å². The molecule has 0 bridgehead atoms. The summed E-state index contributed by atoms with van der Waals surface area (Å²) in [4.78, 5) is 12.9. The molecule has 1 aliphatic rings. The Labute approximate surface area is 172 Å². The molecule has 3 rings (SSSR count). The molecule has 1 amide bonds. The van der Waals surface area contributed by atoms with Crippen molar-refractivity contribution in [3.05, 3.63) is 65.7 Å². The number of amides is 1. The van der Waals surface area contributed by atoms with Gasteiger partial charge in [0.05, 0.1) is 5.75 Å². The first-order valence-electron chi connectivity index (χ1n) is 9.90. The minimum Gasteiger partial charge on any atom is -0.489 e. The lowest BCUT2D eigenvalue weighted by molar-refractivity contribution is -0.126. The summed E-state index contributed by atoms with van der Waals surface area (Å²) in [6.07, 6.45) is 0.568. The number of nitrogens with zero attached hydrogens (tertiary/aromatic N) is 1. The Balaban J connectivity index is 1.66. The Hall–Kier alpha value is -2.38. The molecule has 0 radical (unpaired) electrons. The number of hydrogen-bond acceptors (Lipinski definition) is 4. The molecule has 1 heterocycles. The van der Waals surface area contributed by atoms with Crippen molar-refractivity contribution in [1.82, 2.24) is 9.62 Å². The summed E-state index contributed by atoms with van der Waals surface area (Å²) in [5.74, 6) is 0.526. The lowest BCUT2D eigenvalue weighted by Gasteiger charge is -2.28. The zero-order valence-corrected chi connectivity index (χ0v) is 17.7. The van der Waals surface area contributed by atoms with Crippen LogP contribution < -0.4 is 10.1 Å². The first-order valence-corrected chi connectivity index (χ1v) is 11.5. The molecule has 1 fully saturated rings. The van der Waals surface area contributed by atoms with E-state index in [4.69, 9.17) is 4.74 Å². The molecule has 2 aromatic carbocycles. The van der Waals surface area contributed by atoms with E-state index < -0.39 is 16.1 Å². The highest BCUT2D eigenvalue weighted by Gasteiger charge is 2.39. The first-order chi connectivity index (χ1) is 13.9. The van der Waals surface area contributed by atoms with Gasteiger partial charge in [-0.15, -0.1) is 0 Å². The molecule has 0 aliphatic carbocycles. The minimum absolute atomic E-state index is 0.112. The van der Waals surface area contributed by atoms with Gasteiger partial charge in [0.2, 0.25) is 15.9 Å². The highest BCUT2D eigenvalue weighted by molar-refractivity contribution is 7.89. The average molecular weight is 417 g/mol. The maximum absolute atomic E-state index is 12.9. The van der Waals surface area contributed by atoms with Gasteiger partial charge in [0.15, 0.2) is 0 Å². The van der Waals surface area contributed by atoms with Crippen LogP contribution in [0.2, 0.25) is 0 Å². The van der Waals surface area contributed by atoms with E-state index >= 15 is 0 Å². The van der Waals surface area contributed by atoms with Gasteiger partial charge in [-0.25, -0.2) is 8.42 Å². The van der Waals surface area contributed by atoms with Crippen LogP contribution in [0.25, 0.3) is 0 Å².